The Balaban J connectivity index is 4.27. The Morgan fingerprint density at radius 3 is 2.05 bits per heavy atom. The molecule has 0 aliphatic carbocycles. The number of hydrogen-bond donors (Lipinski definition) is 0. The van der Waals surface area contributed by atoms with Gasteiger partial charge in [-0.05, 0) is 34.1 Å². The van der Waals surface area contributed by atoms with Crippen LogP contribution in [0.5, 0.6) is 0 Å². The lowest BCUT2D eigenvalue weighted by atomic mass is 10.2. The lowest BCUT2D eigenvalue weighted by Gasteiger charge is -2.35. The van der Waals surface area contributed by atoms with Gasteiger partial charge in [-0.3, -0.25) is 0 Å². The van der Waals surface area contributed by atoms with Crippen LogP contribution in [0.15, 0.2) is 0 Å². The van der Waals surface area contributed by atoms with E-state index in [-0.39, 0.29) is 0 Å². The Hall–Kier alpha value is -0.200. The maximum atomic E-state index is 8.66. The van der Waals surface area contributed by atoms with E-state index in [1.165, 1.54) is 25.7 Å². The van der Waals surface area contributed by atoms with Crippen molar-refractivity contribution >= 4 is 8.53 Å². The molecule has 124 valence electrons. The fourth-order valence-corrected chi connectivity index (χ4v) is 3.79. The van der Waals surface area contributed by atoms with Crippen molar-refractivity contribution in [1.29, 1.82) is 5.26 Å². The Kier molecular flexibility index (Phi) is 13.3. The molecule has 0 aromatic carbocycles. The van der Waals surface area contributed by atoms with Crippen molar-refractivity contribution in [2.75, 3.05) is 13.2 Å². The third-order valence-corrected chi connectivity index (χ3v) is 5.22. The highest BCUT2D eigenvalue weighted by Gasteiger charge is 2.26. The zero-order valence-electron chi connectivity index (χ0n) is 14.5. The fraction of sp³-hybridized carbons (Fsp3) is 0.938. The van der Waals surface area contributed by atoms with Crippen LogP contribution in [-0.2, 0) is 9.05 Å². The Morgan fingerprint density at radius 2 is 1.52 bits per heavy atom. The van der Waals surface area contributed by atoms with Gasteiger partial charge in [0.2, 0.25) is 0 Å². The number of nitrogens with zero attached hydrogens (tertiary/aromatic N) is 2. The van der Waals surface area contributed by atoms with Crippen LogP contribution in [0.1, 0.15) is 73.1 Å². The van der Waals surface area contributed by atoms with E-state index < -0.39 is 8.53 Å². The third kappa shape index (κ3) is 10.2. The second-order valence-corrected chi connectivity index (χ2v) is 7.25. The standard InChI is InChI=1S/C16H33N2O2P/c1-6-7-8-9-10-13-19-21(20-14-11-12-17)18(15(2)3)16(4)5/h15-16H,6-11,13-14H2,1-5H3. The summed E-state index contributed by atoms with van der Waals surface area (Å²) in [6.45, 7) is 12.1. The van der Waals surface area contributed by atoms with Gasteiger partial charge in [0.1, 0.15) is 0 Å². The van der Waals surface area contributed by atoms with Gasteiger partial charge in [0.05, 0.1) is 25.7 Å². The first-order chi connectivity index (χ1) is 10.0. The van der Waals surface area contributed by atoms with Crippen molar-refractivity contribution in [2.45, 2.75) is 85.2 Å². The van der Waals surface area contributed by atoms with Crippen molar-refractivity contribution in [1.82, 2.24) is 4.67 Å². The topological polar surface area (TPSA) is 45.5 Å². The van der Waals surface area contributed by atoms with Gasteiger partial charge in [-0.25, -0.2) is 4.67 Å². The first-order valence-corrected chi connectivity index (χ1v) is 9.38. The molecule has 0 saturated carbocycles. The van der Waals surface area contributed by atoms with Gasteiger partial charge >= 0.3 is 0 Å². The summed E-state index contributed by atoms with van der Waals surface area (Å²) in [7, 11) is -1.06. The summed E-state index contributed by atoms with van der Waals surface area (Å²) in [4.78, 5) is 0. The van der Waals surface area contributed by atoms with E-state index in [1.54, 1.807) is 0 Å². The van der Waals surface area contributed by atoms with Gasteiger partial charge in [-0.1, -0.05) is 32.6 Å². The number of nitriles is 1. The molecule has 0 bridgehead atoms. The lowest BCUT2D eigenvalue weighted by molar-refractivity contribution is 0.174. The molecule has 1 atom stereocenters. The largest absolute Gasteiger partial charge is 0.322 e. The zero-order valence-corrected chi connectivity index (χ0v) is 15.4. The summed E-state index contributed by atoms with van der Waals surface area (Å²) in [6, 6.07) is 2.87. The highest BCUT2D eigenvalue weighted by atomic mass is 31.2. The predicted octanol–water partition coefficient (Wildman–Crippen LogP) is 5.25. The summed E-state index contributed by atoms with van der Waals surface area (Å²) >= 11 is 0. The van der Waals surface area contributed by atoms with Gasteiger partial charge in [0.25, 0.3) is 8.53 Å². The molecular weight excluding hydrogens is 283 g/mol. The molecule has 0 amide bonds. The van der Waals surface area contributed by atoms with E-state index in [0.29, 0.717) is 25.1 Å². The molecule has 0 aromatic rings. The van der Waals surface area contributed by atoms with Gasteiger partial charge in [0, 0.05) is 12.1 Å². The SMILES string of the molecule is CCCCCCCOP(OCCC#N)N(C(C)C)C(C)C. The van der Waals surface area contributed by atoms with E-state index in [9.17, 15) is 0 Å². The molecule has 0 aliphatic heterocycles. The predicted molar refractivity (Wildman–Crippen MR) is 89.9 cm³/mol. The van der Waals surface area contributed by atoms with Crippen LogP contribution in [0.4, 0.5) is 0 Å². The van der Waals surface area contributed by atoms with Crippen LogP contribution < -0.4 is 0 Å². The molecule has 0 spiro atoms. The molecule has 0 N–H and O–H groups in total. The molecule has 5 heteroatoms. The first-order valence-electron chi connectivity index (χ1n) is 8.25. The third-order valence-electron chi connectivity index (χ3n) is 3.11. The minimum absolute atomic E-state index is 0.373. The van der Waals surface area contributed by atoms with Gasteiger partial charge in [-0.2, -0.15) is 5.26 Å². The van der Waals surface area contributed by atoms with Crippen LogP contribution in [0.2, 0.25) is 0 Å². The minimum Gasteiger partial charge on any atom is -0.322 e. The maximum absolute atomic E-state index is 8.66. The highest BCUT2D eigenvalue weighted by molar-refractivity contribution is 7.44. The smallest absolute Gasteiger partial charge is 0.259 e. The Bertz CT molecular complexity index is 272. The monoisotopic (exact) mass is 316 g/mol. The van der Waals surface area contributed by atoms with Gasteiger partial charge < -0.3 is 9.05 Å². The molecule has 4 nitrogen and oxygen atoms in total. The van der Waals surface area contributed by atoms with Crippen molar-refractivity contribution in [3.63, 3.8) is 0 Å². The molecule has 0 rings (SSSR count). The van der Waals surface area contributed by atoms with E-state index in [1.807, 2.05) is 0 Å². The summed E-state index contributed by atoms with van der Waals surface area (Å²) in [5, 5.41) is 8.66. The van der Waals surface area contributed by atoms with E-state index in [2.05, 4.69) is 45.4 Å². The molecule has 0 aromatic heterocycles. The minimum atomic E-state index is -1.06. The molecule has 1 unspecified atom stereocenters. The second-order valence-electron chi connectivity index (χ2n) is 5.79. The molecular formula is C16H33N2O2P. The van der Waals surface area contributed by atoms with Crippen LogP contribution in [0, 0.1) is 11.3 Å². The second kappa shape index (κ2) is 13.5. The number of rotatable bonds is 13. The lowest BCUT2D eigenvalue weighted by Crippen LogP contribution is -2.33. The van der Waals surface area contributed by atoms with E-state index >= 15 is 0 Å². The summed E-state index contributed by atoms with van der Waals surface area (Å²) in [5.41, 5.74) is 0. The van der Waals surface area contributed by atoms with E-state index in [0.717, 1.165) is 13.0 Å². The van der Waals surface area contributed by atoms with Gasteiger partial charge in [-0.15, -0.1) is 0 Å². The van der Waals surface area contributed by atoms with Crippen molar-refractivity contribution in [2.24, 2.45) is 0 Å². The quantitative estimate of drug-likeness (QED) is 0.344. The average molecular weight is 316 g/mol. The van der Waals surface area contributed by atoms with E-state index in [4.69, 9.17) is 14.3 Å². The number of hydrogen-bond acceptors (Lipinski definition) is 4. The van der Waals surface area contributed by atoms with Crippen molar-refractivity contribution in [3.05, 3.63) is 0 Å². The van der Waals surface area contributed by atoms with Crippen molar-refractivity contribution in [3.8, 4) is 6.07 Å². The summed E-state index contributed by atoms with van der Waals surface area (Å²) < 4.78 is 14.1. The summed E-state index contributed by atoms with van der Waals surface area (Å²) in [6.07, 6.45) is 6.58. The van der Waals surface area contributed by atoms with Crippen LogP contribution in [0.25, 0.3) is 0 Å². The molecule has 21 heavy (non-hydrogen) atoms. The Labute approximate surface area is 132 Å². The first kappa shape index (κ1) is 20.8. The fourth-order valence-electron chi connectivity index (χ4n) is 2.16. The highest BCUT2D eigenvalue weighted by Crippen LogP contribution is 2.46. The molecule has 0 heterocycles. The maximum Gasteiger partial charge on any atom is 0.259 e. The molecule has 0 radical (unpaired) electrons. The molecule has 0 fully saturated rings. The van der Waals surface area contributed by atoms with Crippen LogP contribution >= 0.6 is 8.53 Å². The average Bonchev–Trinajstić information content (AvgIpc) is 2.41. The number of unbranched alkanes of at least 4 members (excludes halogenated alkanes) is 4. The molecule has 0 aliphatic rings. The Morgan fingerprint density at radius 1 is 0.952 bits per heavy atom. The van der Waals surface area contributed by atoms with Crippen molar-refractivity contribution < 1.29 is 9.05 Å². The van der Waals surface area contributed by atoms with Crippen LogP contribution in [-0.4, -0.2) is 30.0 Å². The van der Waals surface area contributed by atoms with Gasteiger partial charge in [0.15, 0.2) is 0 Å². The van der Waals surface area contributed by atoms with Crippen LogP contribution in [0.3, 0.4) is 0 Å². The normalized spacial score (nSPS) is 13.1. The molecule has 0 saturated heterocycles. The summed E-state index contributed by atoms with van der Waals surface area (Å²) in [5.74, 6) is 0. The zero-order chi connectivity index (χ0) is 16.1.